The largest absolute Gasteiger partial charge is 0.497 e. The van der Waals surface area contributed by atoms with Crippen LogP contribution in [-0.2, 0) is 29.0 Å². The average Bonchev–Trinajstić information content (AvgIpc) is 2.93. The third kappa shape index (κ3) is 7.06. The number of carbonyl (C=O) groups is 2. The number of ether oxygens (including phenoxy) is 1. The van der Waals surface area contributed by atoms with Gasteiger partial charge in [0, 0.05) is 13.0 Å². The van der Waals surface area contributed by atoms with Crippen LogP contribution in [0.15, 0.2) is 109 Å². The van der Waals surface area contributed by atoms with Gasteiger partial charge in [-0.05, 0) is 39.9 Å². The van der Waals surface area contributed by atoms with Gasteiger partial charge in [0.15, 0.2) is 0 Å². The van der Waals surface area contributed by atoms with Crippen LogP contribution in [0.1, 0.15) is 16.7 Å². The first-order valence-corrected chi connectivity index (χ1v) is 12.0. The molecule has 4 rings (SSSR count). The van der Waals surface area contributed by atoms with Crippen LogP contribution in [0.3, 0.4) is 0 Å². The van der Waals surface area contributed by atoms with Crippen molar-refractivity contribution in [3.63, 3.8) is 0 Å². The van der Waals surface area contributed by atoms with Gasteiger partial charge in [-0.2, -0.15) is 0 Å². The standard InChI is InChI=1S/C31H30N2O3/c1-36-28-18-14-24(15-19-28)21-30(34)33-29(31(35)32-22-25-8-4-2-5-9-25)20-23-12-16-27(17-13-23)26-10-6-3-7-11-26/h2-19,29H,20-22H2,1H3,(H,32,35)(H,33,34)/t29-/m1/s1. The number of hydrogen-bond acceptors (Lipinski definition) is 3. The molecular weight excluding hydrogens is 448 g/mol. The fourth-order valence-electron chi connectivity index (χ4n) is 3.99. The van der Waals surface area contributed by atoms with E-state index < -0.39 is 6.04 Å². The van der Waals surface area contributed by atoms with Gasteiger partial charge in [-0.1, -0.05) is 97.1 Å². The molecule has 0 saturated heterocycles. The summed E-state index contributed by atoms with van der Waals surface area (Å²) < 4.78 is 5.18. The lowest BCUT2D eigenvalue weighted by Crippen LogP contribution is -2.48. The van der Waals surface area contributed by atoms with Crippen molar-refractivity contribution in [3.05, 3.63) is 126 Å². The molecule has 0 aliphatic rings. The second-order valence-electron chi connectivity index (χ2n) is 8.62. The van der Waals surface area contributed by atoms with Gasteiger partial charge in [0.1, 0.15) is 11.8 Å². The summed E-state index contributed by atoms with van der Waals surface area (Å²) in [5.41, 5.74) is 5.06. The number of methoxy groups -OCH3 is 1. The van der Waals surface area contributed by atoms with Crippen molar-refractivity contribution in [1.82, 2.24) is 10.6 Å². The smallest absolute Gasteiger partial charge is 0.243 e. The van der Waals surface area contributed by atoms with Gasteiger partial charge in [-0.25, -0.2) is 0 Å². The van der Waals surface area contributed by atoms with Crippen LogP contribution in [0.25, 0.3) is 11.1 Å². The molecule has 0 aliphatic heterocycles. The molecule has 0 spiro atoms. The average molecular weight is 479 g/mol. The van der Waals surface area contributed by atoms with Crippen LogP contribution in [0, 0.1) is 0 Å². The zero-order valence-electron chi connectivity index (χ0n) is 20.3. The second kappa shape index (κ2) is 12.4. The van der Waals surface area contributed by atoms with Crippen molar-refractivity contribution >= 4 is 11.8 Å². The molecule has 0 radical (unpaired) electrons. The molecule has 5 nitrogen and oxygen atoms in total. The van der Waals surface area contributed by atoms with Crippen LogP contribution in [0.2, 0.25) is 0 Å². The van der Waals surface area contributed by atoms with E-state index in [9.17, 15) is 9.59 Å². The van der Waals surface area contributed by atoms with Crippen molar-refractivity contribution in [1.29, 1.82) is 0 Å². The van der Waals surface area contributed by atoms with E-state index in [-0.39, 0.29) is 18.2 Å². The highest BCUT2D eigenvalue weighted by atomic mass is 16.5. The summed E-state index contributed by atoms with van der Waals surface area (Å²) in [5, 5.41) is 5.91. The molecule has 0 unspecified atom stereocenters. The molecule has 5 heteroatoms. The van der Waals surface area contributed by atoms with Gasteiger partial charge in [-0.15, -0.1) is 0 Å². The minimum Gasteiger partial charge on any atom is -0.497 e. The monoisotopic (exact) mass is 478 g/mol. The molecule has 0 bridgehead atoms. The Morgan fingerprint density at radius 3 is 1.92 bits per heavy atom. The minimum absolute atomic E-state index is 0.180. The molecule has 2 amide bonds. The maximum absolute atomic E-state index is 13.1. The Bertz CT molecular complexity index is 1250. The number of rotatable bonds is 10. The Hall–Kier alpha value is -4.38. The van der Waals surface area contributed by atoms with Crippen LogP contribution in [0.5, 0.6) is 5.75 Å². The number of benzene rings is 4. The molecule has 0 aromatic heterocycles. The van der Waals surface area contributed by atoms with E-state index in [4.69, 9.17) is 4.74 Å². The highest BCUT2D eigenvalue weighted by Gasteiger charge is 2.21. The Morgan fingerprint density at radius 2 is 1.28 bits per heavy atom. The molecule has 36 heavy (non-hydrogen) atoms. The van der Waals surface area contributed by atoms with E-state index in [0.717, 1.165) is 33.6 Å². The van der Waals surface area contributed by atoms with Crippen molar-refractivity contribution < 1.29 is 14.3 Å². The number of carbonyl (C=O) groups excluding carboxylic acids is 2. The van der Waals surface area contributed by atoms with Gasteiger partial charge >= 0.3 is 0 Å². The summed E-state index contributed by atoms with van der Waals surface area (Å²) in [6, 6.07) is 34.6. The molecule has 0 fully saturated rings. The third-order valence-electron chi connectivity index (χ3n) is 5.99. The quantitative estimate of drug-likeness (QED) is 0.339. The first kappa shape index (κ1) is 24.7. The summed E-state index contributed by atoms with van der Waals surface area (Å²) in [7, 11) is 1.60. The van der Waals surface area contributed by atoms with E-state index in [1.165, 1.54) is 0 Å². The lowest BCUT2D eigenvalue weighted by molar-refractivity contribution is -0.128. The highest BCUT2D eigenvalue weighted by molar-refractivity contribution is 5.88. The normalized spacial score (nSPS) is 11.4. The fraction of sp³-hybridized carbons (Fsp3) is 0.161. The maximum atomic E-state index is 13.1. The third-order valence-corrected chi connectivity index (χ3v) is 5.99. The van der Waals surface area contributed by atoms with E-state index in [1.807, 2.05) is 97.1 Å². The maximum Gasteiger partial charge on any atom is 0.243 e. The van der Waals surface area contributed by atoms with Crippen molar-refractivity contribution in [3.8, 4) is 16.9 Å². The summed E-state index contributed by atoms with van der Waals surface area (Å²) in [6.07, 6.45) is 0.573. The summed E-state index contributed by atoms with van der Waals surface area (Å²) >= 11 is 0. The van der Waals surface area contributed by atoms with Gasteiger partial charge in [0.25, 0.3) is 0 Å². The van der Waals surface area contributed by atoms with Crippen molar-refractivity contribution in [2.45, 2.75) is 25.4 Å². The zero-order valence-corrected chi connectivity index (χ0v) is 20.3. The summed E-state index contributed by atoms with van der Waals surface area (Å²) in [6.45, 7) is 0.400. The molecule has 4 aromatic rings. The van der Waals surface area contributed by atoms with E-state index in [0.29, 0.717) is 13.0 Å². The number of hydrogen-bond donors (Lipinski definition) is 2. The molecule has 0 saturated carbocycles. The van der Waals surface area contributed by atoms with Crippen LogP contribution in [0.4, 0.5) is 0 Å². The Kier molecular flexibility index (Phi) is 8.49. The Labute approximate surface area is 212 Å². The summed E-state index contributed by atoms with van der Waals surface area (Å²) in [4.78, 5) is 26.0. The fourth-order valence-corrected chi connectivity index (χ4v) is 3.99. The van der Waals surface area contributed by atoms with Gasteiger partial charge < -0.3 is 15.4 Å². The van der Waals surface area contributed by atoms with Crippen LogP contribution < -0.4 is 15.4 Å². The predicted molar refractivity (Wildman–Crippen MR) is 142 cm³/mol. The van der Waals surface area contributed by atoms with Crippen molar-refractivity contribution in [2.24, 2.45) is 0 Å². The lowest BCUT2D eigenvalue weighted by Gasteiger charge is -2.19. The zero-order chi connectivity index (χ0) is 25.2. The Morgan fingerprint density at radius 1 is 0.694 bits per heavy atom. The predicted octanol–water partition coefficient (Wildman–Crippen LogP) is 4.95. The highest BCUT2D eigenvalue weighted by Crippen LogP contribution is 2.20. The molecule has 2 N–H and O–H groups in total. The number of amides is 2. The molecule has 1 atom stereocenters. The van der Waals surface area contributed by atoms with E-state index in [2.05, 4.69) is 22.8 Å². The molecule has 182 valence electrons. The minimum atomic E-state index is -0.693. The topological polar surface area (TPSA) is 67.4 Å². The molecule has 0 heterocycles. The lowest BCUT2D eigenvalue weighted by atomic mass is 10.00. The van der Waals surface area contributed by atoms with Gasteiger partial charge in [0.05, 0.1) is 13.5 Å². The molecular formula is C31H30N2O3. The SMILES string of the molecule is COc1ccc(CC(=O)N[C@H](Cc2ccc(-c3ccccc3)cc2)C(=O)NCc2ccccc2)cc1. The Balaban J connectivity index is 1.45. The van der Waals surface area contributed by atoms with Gasteiger partial charge in [0.2, 0.25) is 11.8 Å². The first-order chi connectivity index (χ1) is 17.6. The van der Waals surface area contributed by atoms with Crippen LogP contribution in [-0.4, -0.2) is 25.0 Å². The second-order valence-corrected chi connectivity index (χ2v) is 8.62. The molecule has 4 aromatic carbocycles. The molecule has 0 aliphatic carbocycles. The van der Waals surface area contributed by atoms with Gasteiger partial charge in [-0.3, -0.25) is 9.59 Å². The van der Waals surface area contributed by atoms with E-state index in [1.54, 1.807) is 7.11 Å². The van der Waals surface area contributed by atoms with Crippen LogP contribution >= 0.6 is 0 Å². The first-order valence-electron chi connectivity index (χ1n) is 12.0. The number of nitrogens with one attached hydrogen (secondary N) is 2. The van der Waals surface area contributed by atoms with E-state index >= 15 is 0 Å². The van der Waals surface area contributed by atoms with Crippen molar-refractivity contribution in [2.75, 3.05) is 7.11 Å². The summed E-state index contributed by atoms with van der Waals surface area (Å²) in [5.74, 6) is 0.311.